The first kappa shape index (κ1) is 21.3. The van der Waals surface area contributed by atoms with Gasteiger partial charge < -0.3 is 14.2 Å². The predicted octanol–water partition coefficient (Wildman–Crippen LogP) is 5.55. The quantitative estimate of drug-likeness (QED) is 0.490. The lowest BCUT2D eigenvalue weighted by atomic mass is 10.0. The van der Waals surface area contributed by atoms with Crippen LogP contribution < -0.4 is 4.74 Å². The molecule has 0 saturated carbocycles. The molecule has 6 nitrogen and oxygen atoms in total. The van der Waals surface area contributed by atoms with E-state index < -0.39 is 0 Å². The molecule has 6 heteroatoms. The lowest BCUT2D eigenvalue weighted by Crippen LogP contribution is -2.38. The monoisotopic (exact) mass is 399 g/mol. The Hall–Kier alpha value is -2.37. The van der Waals surface area contributed by atoms with Crippen LogP contribution in [-0.2, 0) is 4.79 Å². The predicted molar refractivity (Wildman–Crippen MR) is 113 cm³/mol. The molecular formula is C23H33N3O3. The van der Waals surface area contributed by atoms with Gasteiger partial charge in [-0.1, -0.05) is 44.2 Å². The molecule has 1 unspecified atom stereocenters. The number of nitrogens with zero attached hydrogens (tertiary/aromatic N) is 3. The molecule has 1 aromatic heterocycles. The van der Waals surface area contributed by atoms with Crippen LogP contribution in [0.5, 0.6) is 5.75 Å². The third-order valence-corrected chi connectivity index (χ3v) is 5.64. The van der Waals surface area contributed by atoms with E-state index in [0.29, 0.717) is 18.1 Å². The molecule has 1 atom stereocenters. The van der Waals surface area contributed by atoms with Crippen molar-refractivity contribution in [2.45, 2.75) is 77.2 Å². The summed E-state index contributed by atoms with van der Waals surface area (Å²) in [6.07, 6.45) is 10.7. The van der Waals surface area contributed by atoms with Gasteiger partial charge in [0, 0.05) is 18.5 Å². The SMILES string of the molecule is CCCCCCCCC(=O)N1CCCCC1c1nc(-c2ccc(OC)cc2)no1. The second-order valence-corrected chi connectivity index (χ2v) is 7.80. The van der Waals surface area contributed by atoms with Crippen LogP contribution in [0.1, 0.15) is 83.1 Å². The lowest BCUT2D eigenvalue weighted by molar-refractivity contribution is -0.135. The maximum atomic E-state index is 12.8. The van der Waals surface area contributed by atoms with Crippen LogP contribution in [0.4, 0.5) is 0 Å². The number of benzene rings is 1. The van der Waals surface area contributed by atoms with Gasteiger partial charge >= 0.3 is 0 Å². The van der Waals surface area contributed by atoms with Gasteiger partial charge in [-0.25, -0.2) is 0 Å². The van der Waals surface area contributed by atoms with Crippen molar-refractivity contribution in [3.05, 3.63) is 30.2 Å². The summed E-state index contributed by atoms with van der Waals surface area (Å²) < 4.78 is 10.8. The van der Waals surface area contributed by atoms with E-state index in [-0.39, 0.29) is 11.9 Å². The van der Waals surface area contributed by atoms with Gasteiger partial charge in [0.15, 0.2) is 0 Å². The molecular weight excluding hydrogens is 366 g/mol. The summed E-state index contributed by atoms with van der Waals surface area (Å²) >= 11 is 0. The number of ether oxygens (including phenoxy) is 1. The fourth-order valence-corrected chi connectivity index (χ4v) is 3.91. The largest absolute Gasteiger partial charge is 0.497 e. The third-order valence-electron chi connectivity index (χ3n) is 5.64. The Kier molecular flexibility index (Phi) is 8.08. The molecule has 0 bridgehead atoms. The van der Waals surface area contributed by atoms with Crippen LogP contribution in [0.2, 0.25) is 0 Å². The molecule has 0 radical (unpaired) electrons. The first-order chi connectivity index (χ1) is 14.2. The Balaban J connectivity index is 1.60. The standard InChI is InChI=1S/C23H33N3O3/c1-3-4-5-6-7-8-12-21(27)26-17-10-9-11-20(26)23-24-22(25-29-23)18-13-15-19(28-2)16-14-18/h13-16,20H,3-12,17H2,1-2H3. The van der Waals surface area contributed by atoms with Gasteiger partial charge in [-0.2, -0.15) is 4.98 Å². The number of unbranched alkanes of at least 4 members (excludes halogenated alkanes) is 5. The lowest BCUT2D eigenvalue weighted by Gasteiger charge is -2.33. The second kappa shape index (κ2) is 11.0. The molecule has 0 N–H and O–H groups in total. The number of likely N-dealkylation sites (tertiary alicyclic amines) is 1. The van der Waals surface area contributed by atoms with Gasteiger partial charge in [-0.15, -0.1) is 0 Å². The highest BCUT2D eigenvalue weighted by atomic mass is 16.5. The van der Waals surface area contributed by atoms with Crippen LogP contribution >= 0.6 is 0 Å². The Morgan fingerprint density at radius 2 is 1.90 bits per heavy atom. The van der Waals surface area contributed by atoms with Crippen LogP contribution in [0.3, 0.4) is 0 Å². The molecule has 1 saturated heterocycles. The summed E-state index contributed by atoms with van der Waals surface area (Å²) in [6, 6.07) is 7.48. The summed E-state index contributed by atoms with van der Waals surface area (Å²) in [5, 5.41) is 4.15. The molecule has 2 heterocycles. The summed E-state index contributed by atoms with van der Waals surface area (Å²) in [5.41, 5.74) is 0.876. The van der Waals surface area contributed by atoms with Gasteiger partial charge in [0.2, 0.25) is 17.6 Å². The van der Waals surface area contributed by atoms with Gasteiger partial charge in [-0.3, -0.25) is 4.79 Å². The molecule has 29 heavy (non-hydrogen) atoms. The molecule has 0 spiro atoms. The Bertz CT molecular complexity index is 757. The minimum atomic E-state index is -0.101. The summed E-state index contributed by atoms with van der Waals surface area (Å²) in [5.74, 6) is 2.11. The molecule has 2 aromatic rings. The van der Waals surface area contributed by atoms with Gasteiger partial charge in [0.25, 0.3) is 0 Å². The summed E-state index contributed by atoms with van der Waals surface area (Å²) in [4.78, 5) is 19.4. The van der Waals surface area contributed by atoms with Gasteiger partial charge in [-0.05, 0) is 49.9 Å². The zero-order chi connectivity index (χ0) is 20.5. The van der Waals surface area contributed by atoms with Crippen molar-refractivity contribution in [1.29, 1.82) is 0 Å². The van der Waals surface area contributed by atoms with Crippen molar-refractivity contribution in [1.82, 2.24) is 15.0 Å². The number of amides is 1. The third kappa shape index (κ3) is 5.81. The number of hydrogen-bond acceptors (Lipinski definition) is 5. The van der Waals surface area contributed by atoms with E-state index in [9.17, 15) is 4.79 Å². The van der Waals surface area contributed by atoms with E-state index in [1.807, 2.05) is 29.2 Å². The number of piperidine rings is 1. The first-order valence-corrected chi connectivity index (χ1v) is 11.0. The second-order valence-electron chi connectivity index (χ2n) is 7.80. The normalized spacial score (nSPS) is 16.8. The van der Waals surface area contributed by atoms with E-state index >= 15 is 0 Å². The number of methoxy groups -OCH3 is 1. The average Bonchev–Trinajstić information content (AvgIpc) is 3.26. The first-order valence-electron chi connectivity index (χ1n) is 11.0. The van der Waals surface area contributed by atoms with E-state index in [1.165, 1.54) is 25.7 Å². The number of hydrogen-bond donors (Lipinski definition) is 0. The van der Waals surface area contributed by atoms with Crippen molar-refractivity contribution in [2.24, 2.45) is 0 Å². The highest BCUT2D eigenvalue weighted by molar-refractivity contribution is 5.76. The molecule has 1 aliphatic rings. The molecule has 158 valence electrons. The van der Waals surface area contributed by atoms with Gasteiger partial charge in [0.05, 0.1) is 7.11 Å². The fourth-order valence-electron chi connectivity index (χ4n) is 3.91. The maximum absolute atomic E-state index is 12.8. The van der Waals surface area contributed by atoms with E-state index in [0.717, 1.165) is 50.0 Å². The fraction of sp³-hybridized carbons (Fsp3) is 0.609. The van der Waals surface area contributed by atoms with Crippen LogP contribution in [0.25, 0.3) is 11.4 Å². The molecule has 0 aliphatic carbocycles. The zero-order valence-electron chi connectivity index (χ0n) is 17.7. The molecule has 1 fully saturated rings. The Labute approximate surface area is 173 Å². The Morgan fingerprint density at radius 3 is 2.66 bits per heavy atom. The topological polar surface area (TPSA) is 68.5 Å². The zero-order valence-corrected chi connectivity index (χ0v) is 17.7. The Morgan fingerprint density at radius 1 is 1.14 bits per heavy atom. The highest BCUT2D eigenvalue weighted by Gasteiger charge is 2.31. The number of rotatable bonds is 10. The number of carbonyl (C=O) groups excluding carboxylic acids is 1. The van der Waals surface area contributed by atoms with E-state index in [1.54, 1.807) is 7.11 Å². The highest BCUT2D eigenvalue weighted by Crippen LogP contribution is 2.32. The summed E-state index contributed by atoms with van der Waals surface area (Å²) in [7, 11) is 1.64. The van der Waals surface area contributed by atoms with E-state index in [2.05, 4.69) is 17.1 Å². The smallest absolute Gasteiger partial charge is 0.249 e. The van der Waals surface area contributed by atoms with Crippen LogP contribution in [0, 0.1) is 0 Å². The minimum absolute atomic E-state index is 0.101. The number of carbonyl (C=O) groups is 1. The van der Waals surface area contributed by atoms with Crippen molar-refractivity contribution < 1.29 is 14.1 Å². The van der Waals surface area contributed by atoms with Crippen LogP contribution in [-0.4, -0.2) is 34.6 Å². The minimum Gasteiger partial charge on any atom is -0.497 e. The summed E-state index contributed by atoms with van der Waals surface area (Å²) in [6.45, 7) is 3.00. The molecule has 1 aliphatic heterocycles. The van der Waals surface area contributed by atoms with E-state index in [4.69, 9.17) is 9.26 Å². The molecule has 1 amide bonds. The van der Waals surface area contributed by atoms with Crippen molar-refractivity contribution in [3.8, 4) is 17.1 Å². The maximum Gasteiger partial charge on any atom is 0.249 e. The molecule has 1 aromatic carbocycles. The molecule has 3 rings (SSSR count). The number of aromatic nitrogens is 2. The van der Waals surface area contributed by atoms with Crippen LogP contribution in [0.15, 0.2) is 28.8 Å². The average molecular weight is 400 g/mol. The van der Waals surface area contributed by atoms with Crippen molar-refractivity contribution >= 4 is 5.91 Å². The van der Waals surface area contributed by atoms with Crippen molar-refractivity contribution in [3.63, 3.8) is 0 Å². The van der Waals surface area contributed by atoms with Gasteiger partial charge in [0.1, 0.15) is 11.8 Å². The van der Waals surface area contributed by atoms with Crippen molar-refractivity contribution in [2.75, 3.05) is 13.7 Å².